The molecule has 0 radical (unpaired) electrons. The Balaban J connectivity index is 1.91. The molecule has 0 atom stereocenters. The first-order valence-electron chi connectivity index (χ1n) is 5.91. The van der Waals surface area contributed by atoms with Gasteiger partial charge in [-0.1, -0.05) is 31.0 Å². The van der Waals surface area contributed by atoms with Crippen LogP contribution in [0.4, 0.5) is 4.39 Å². The van der Waals surface area contributed by atoms with E-state index in [1.807, 2.05) is 0 Å². The lowest BCUT2D eigenvalue weighted by Crippen LogP contribution is -2.60. The van der Waals surface area contributed by atoms with Crippen LogP contribution in [-0.4, -0.2) is 28.7 Å². The fraction of sp³-hybridized carbons (Fsp3) is 0.538. The number of likely N-dealkylation sites (tertiary alicyclic amines) is 1. The Hall–Kier alpha value is -0.640. The van der Waals surface area contributed by atoms with E-state index in [2.05, 4.69) is 11.8 Å². The molecule has 1 heterocycles. The van der Waals surface area contributed by atoms with Crippen molar-refractivity contribution in [2.24, 2.45) is 0 Å². The Morgan fingerprint density at radius 2 is 2.18 bits per heavy atom. The zero-order valence-corrected chi connectivity index (χ0v) is 10.7. The maximum absolute atomic E-state index is 12.9. The van der Waals surface area contributed by atoms with Crippen LogP contribution in [0.3, 0.4) is 0 Å². The number of rotatable bonds is 4. The highest BCUT2D eigenvalue weighted by atomic mass is 35.5. The number of benzene rings is 1. The zero-order chi connectivity index (χ0) is 12.5. The van der Waals surface area contributed by atoms with Gasteiger partial charge < -0.3 is 5.11 Å². The second-order valence-corrected chi connectivity index (χ2v) is 5.26. The fourth-order valence-corrected chi connectivity index (χ4v) is 2.64. The van der Waals surface area contributed by atoms with Crippen molar-refractivity contribution in [1.29, 1.82) is 0 Å². The maximum atomic E-state index is 12.9. The molecule has 0 aliphatic carbocycles. The second kappa shape index (κ2) is 4.92. The van der Waals surface area contributed by atoms with Gasteiger partial charge in [-0.3, -0.25) is 4.90 Å². The van der Waals surface area contributed by atoms with Gasteiger partial charge in [0.1, 0.15) is 5.82 Å². The molecule has 2 nitrogen and oxygen atoms in total. The van der Waals surface area contributed by atoms with Crippen molar-refractivity contribution in [3.63, 3.8) is 0 Å². The van der Waals surface area contributed by atoms with Gasteiger partial charge in [0.15, 0.2) is 0 Å². The SMILES string of the molecule is CCCC1(O)CN(Cc2ccc(F)cc2Cl)C1. The monoisotopic (exact) mass is 257 g/mol. The van der Waals surface area contributed by atoms with Gasteiger partial charge in [0, 0.05) is 24.7 Å². The van der Waals surface area contributed by atoms with E-state index in [0.29, 0.717) is 24.7 Å². The lowest BCUT2D eigenvalue weighted by molar-refractivity contribution is -0.106. The number of nitrogens with zero attached hydrogens (tertiary/aromatic N) is 1. The molecule has 0 bridgehead atoms. The van der Waals surface area contributed by atoms with Gasteiger partial charge >= 0.3 is 0 Å². The molecule has 94 valence electrons. The van der Waals surface area contributed by atoms with Gasteiger partial charge in [-0.25, -0.2) is 4.39 Å². The van der Waals surface area contributed by atoms with Crippen LogP contribution in [0.5, 0.6) is 0 Å². The van der Waals surface area contributed by atoms with E-state index in [4.69, 9.17) is 11.6 Å². The normalized spacial score (nSPS) is 19.1. The first-order chi connectivity index (χ1) is 8.02. The average Bonchev–Trinajstić information content (AvgIpc) is 2.20. The minimum Gasteiger partial charge on any atom is -0.387 e. The standard InChI is InChI=1S/C13H17ClFNO/c1-2-5-13(17)8-16(9-13)7-10-3-4-11(15)6-12(10)14/h3-4,6,17H,2,5,7-9H2,1H3. The highest BCUT2D eigenvalue weighted by Gasteiger charge is 2.39. The molecule has 1 saturated heterocycles. The maximum Gasteiger partial charge on any atom is 0.124 e. The van der Waals surface area contributed by atoms with Crippen molar-refractivity contribution < 1.29 is 9.50 Å². The molecule has 1 fully saturated rings. The smallest absolute Gasteiger partial charge is 0.124 e. The summed E-state index contributed by atoms with van der Waals surface area (Å²) in [6.45, 7) is 4.09. The molecule has 0 unspecified atom stereocenters. The van der Waals surface area contributed by atoms with Crippen LogP contribution in [0.1, 0.15) is 25.3 Å². The molecular weight excluding hydrogens is 241 g/mol. The molecule has 1 aliphatic heterocycles. The van der Waals surface area contributed by atoms with Gasteiger partial charge in [-0.05, 0) is 24.1 Å². The third-order valence-corrected chi connectivity index (χ3v) is 3.51. The largest absolute Gasteiger partial charge is 0.387 e. The Labute approximate surface area is 106 Å². The Morgan fingerprint density at radius 1 is 1.47 bits per heavy atom. The summed E-state index contributed by atoms with van der Waals surface area (Å²) in [6.07, 6.45) is 1.82. The third-order valence-electron chi connectivity index (χ3n) is 3.16. The molecular formula is C13H17ClFNO. The predicted octanol–water partition coefficient (Wildman–Crippen LogP) is 2.83. The van der Waals surface area contributed by atoms with Gasteiger partial charge in [-0.2, -0.15) is 0 Å². The Bertz CT molecular complexity index is 404. The van der Waals surface area contributed by atoms with E-state index in [1.54, 1.807) is 6.07 Å². The van der Waals surface area contributed by atoms with E-state index < -0.39 is 5.60 Å². The van der Waals surface area contributed by atoms with Crippen LogP contribution < -0.4 is 0 Å². The number of aliphatic hydroxyl groups is 1. The summed E-state index contributed by atoms with van der Waals surface area (Å²) in [5, 5.41) is 10.5. The molecule has 1 aliphatic rings. The number of β-amino-alcohol motifs (C(OH)–C–C–N with tert-alkyl or cyclic N) is 1. The molecule has 0 saturated carbocycles. The highest BCUT2D eigenvalue weighted by Crippen LogP contribution is 2.29. The molecule has 2 rings (SSSR count). The molecule has 0 amide bonds. The van der Waals surface area contributed by atoms with Crippen molar-refractivity contribution in [2.75, 3.05) is 13.1 Å². The summed E-state index contributed by atoms with van der Waals surface area (Å²) in [4.78, 5) is 2.12. The molecule has 0 spiro atoms. The Kier molecular flexibility index (Phi) is 3.71. The van der Waals surface area contributed by atoms with E-state index in [9.17, 15) is 9.50 Å². The molecule has 1 aromatic rings. The summed E-state index contributed by atoms with van der Waals surface area (Å²) in [5.41, 5.74) is 0.382. The first kappa shape index (κ1) is 12.8. The fourth-order valence-electron chi connectivity index (χ4n) is 2.41. The van der Waals surface area contributed by atoms with Gasteiger partial charge in [0.05, 0.1) is 5.60 Å². The van der Waals surface area contributed by atoms with Gasteiger partial charge in [-0.15, -0.1) is 0 Å². The van der Waals surface area contributed by atoms with Crippen LogP contribution in [0, 0.1) is 5.82 Å². The van der Waals surface area contributed by atoms with Crippen molar-refractivity contribution >= 4 is 11.6 Å². The van der Waals surface area contributed by atoms with E-state index in [-0.39, 0.29) is 5.82 Å². The van der Waals surface area contributed by atoms with E-state index in [1.165, 1.54) is 12.1 Å². The van der Waals surface area contributed by atoms with E-state index >= 15 is 0 Å². The van der Waals surface area contributed by atoms with Crippen LogP contribution in [-0.2, 0) is 6.54 Å². The summed E-state index contributed by atoms with van der Waals surface area (Å²) in [5.74, 6) is -0.315. The zero-order valence-electron chi connectivity index (χ0n) is 9.92. The number of halogens is 2. The molecule has 1 aromatic carbocycles. The van der Waals surface area contributed by atoms with Crippen LogP contribution in [0.25, 0.3) is 0 Å². The topological polar surface area (TPSA) is 23.5 Å². The van der Waals surface area contributed by atoms with Crippen molar-refractivity contribution in [1.82, 2.24) is 4.90 Å². The summed E-state index contributed by atoms with van der Waals surface area (Å²) >= 11 is 5.96. The minimum atomic E-state index is -0.527. The molecule has 17 heavy (non-hydrogen) atoms. The lowest BCUT2D eigenvalue weighted by Gasteiger charge is -2.46. The summed E-state index contributed by atoms with van der Waals surface area (Å²) in [6, 6.07) is 4.45. The van der Waals surface area contributed by atoms with Crippen LogP contribution in [0.2, 0.25) is 5.02 Å². The van der Waals surface area contributed by atoms with Crippen molar-refractivity contribution in [2.45, 2.75) is 31.9 Å². The van der Waals surface area contributed by atoms with Crippen LogP contribution >= 0.6 is 11.6 Å². The minimum absolute atomic E-state index is 0.315. The molecule has 0 aromatic heterocycles. The third kappa shape index (κ3) is 2.97. The quantitative estimate of drug-likeness (QED) is 0.897. The van der Waals surface area contributed by atoms with Gasteiger partial charge in [0.25, 0.3) is 0 Å². The van der Waals surface area contributed by atoms with E-state index in [0.717, 1.165) is 18.4 Å². The van der Waals surface area contributed by atoms with Crippen molar-refractivity contribution in [3.8, 4) is 0 Å². The highest BCUT2D eigenvalue weighted by molar-refractivity contribution is 6.31. The number of hydrogen-bond donors (Lipinski definition) is 1. The van der Waals surface area contributed by atoms with Gasteiger partial charge in [0.2, 0.25) is 0 Å². The lowest BCUT2D eigenvalue weighted by atomic mass is 9.89. The van der Waals surface area contributed by atoms with Crippen molar-refractivity contribution in [3.05, 3.63) is 34.6 Å². The van der Waals surface area contributed by atoms with Crippen LogP contribution in [0.15, 0.2) is 18.2 Å². The second-order valence-electron chi connectivity index (χ2n) is 4.86. The molecule has 1 N–H and O–H groups in total. The number of hydrogen-bond acceptors (Lipinski definition) is 2. The average molecular weight is 258 g/mol. The Morgan fingerprint density at radius 3 is 2.76 bits per heavy atom. The summed E-state index contributed by atoms with van der Waals surface area (Å²) < 4.78 is 12.9. The summed E-state index contributed by atoms with van der Waals surface area (Å²) in [7, 11) is 0. The predicted molar refractivity (Wildman–Crippen MR) is 66.5 cm³/mol. The molecule has 4 heteroatoms. The first-order valence-corrected chi connectivity index (χ1v) is 6.29.